The van der Waals surface area contributed by atoms with E-state index < -0.39 is 12.6 Å². The number of para-hydroxylation sites is 1. The molecule has 1 aromatic carbocycles. The lowest BCUT2D eigenvalue weighted by molar-refractivity contribution is -0.134. The van der Waals surface area contributed by atoms with Crippen LogP contribution in [0.25, 0.3) is 0 Å². The molecule has 0 aliphatic carbocycles. The molecule has 19 heavy (non-hydrogen) atoms. The molecule has 4 nitrogen and oxygen atoms in total. The number of nitrogens with one attached hydrogen (secondary N) is 1. The second kappa shape index (κ2) is 5.73. The Morgan fingerprint density at radius 1 is 1.16 bits per heavy atom. The Kier molecular flexibility index (Phi) is 4.03. The van der Waals surface area contributed by atoms with E-state index in [2.05, 4.69) is 15.5 Å². The van der Waals surface area contributed by atoms with E-state index in [-0.39, 0.29) is 24.7 Å². The van der Waals surface area contributed by atoms with Crippen LogP contribution in [0.1, 0.15) is 18.1 Å². The van der Waals surface area contributed by atoms with Gasteiger partial charge in [0.15, 0.2) is 5.82 Å². The second-order valence-electron chi connectivity index (χ2n) is 3.94. The third-order valence-electron chi connectivity index (χ3n) is 2.36. The number of hydrogen-bond donors (Lipinski definition) is 1. The van der Waals surface area contributed by atoms with E-state index in [1.165, 1.54) is 0 Å². The Morgan fingerprint density at radius 2 is 1.89 bits per heavy atom. The zero-order valence-corrected chi connectivity index (χ0v) is 9.94. The van der Waals surface area contributed by atoms with Gasteiger partial charge in [-0.05, 0) is 12.1 Å². The van der Waals surface area contributed by atoms with Gasteiger partial charge in [-0.15, -0.1) is 0 Å². The van der Waals surface area contributed by atoms with Crippen molar-refractivity contribution in [2.45, 2.75) is 25.6 Å². The minimum absolute atomic E-state index is 0.0715. The maximum Gasteiger partial charge on any atom is 0.389 e. The van der Waals surface area contributed by atoms with E-state index in [9.17, 15) is 13.2 Å². The summed E-state index contributed by atoms with van der Waals surface area (Å²) in [5, 5.41) is 6.53. The van der Waals surface area contributed by atoms with E-state index in [1.807, 2.05) is 30.3 Å². The SMILES string of the molecule is FC(F)(F)CCc1noc(CNc2ccccc2)n1. The molecule has 2 rings (SSSR count). The van der Waals surface area contributed by atoms with Crippen molar-refractivity contribution in [3.8, 4) is 0 Å². The molecule has 0 bridgehead atoms. The molecule has 7 heteroatoms. The molecule has 0 saturated carbocycles. The fourth-order valence-electron chi connectivity index (χ4n) is 1.45. The molecule has 0 unspecified atom stereocenters. The summed E-state index contributed by atoms with van der Waals surface area (Å²) in [6, 6.07) is 9.34. The lowest BCUT2D eigenvalue weighted by atomic mass is 10.3. The molecule has 0 spiro atoms. The fraction of sp³-hybridized carbons (Fsp3) is 0.333. The summed E-state index contributed by atoms with van der Waals surface area (Å²) in [5.41, 5.74) is 0.873. The van der Waals surface area contributed by atoms with Gasteiger partial charge in [-0.1, -0.05) is 23.4 Å². The first-order valence-corrected chi connectivity index (χ1v) is 5.70. The van der Waals surface area contributed by atoms with Gasteiger partial charge in [0.2, 0.25) is 5.89 Å². The molecule has 1 N–H and O–H groups in total. The van der Waals surface area contributed by atoms with Crippen LogP contribution in [-0.4, -0.2) is 16.3 Å². The van der Waals surface area contributed by atoms with Crippen LogP contribution in [0.15, 0.2) is 34.9 Å². The highest BCUT2D eigenvalue weighted by atomic mass is 19.4. The van der Waals surface area contributed by atoms with Gasteiger partial charge in [-0.25, -0.2) is 0 Å². The molecule has 0 aliphatic heterocycles. The number of hydrogen-bond acceptors (Lipinski definition) is 4. The van der Waals surface area contributed by atoms with Gasteiger partial charge in [-0.3, -0.25) is 0 Å². The summed E-state index contributed by atoms with van der Waals surface area (Å²) < 4.78 is 40.9. The maximum absolute atomic E-state index is 12.0. The summed E-state index contributed by atoms with van der Waals surface area (Å²) in [5.74, 6) is 0.336. The molecule has 0 atom stereocenters. The van der Waals surface area contributed by atoms with Gasteiger partial charge in [0.25, 0.3) is 0 Å². The fourth-order valence-corrected chi connectivity index (χ4v) is 1.45. The topological polar surface area (TPSA) is 51.0 Å². The van der Waals surface area contributed by atoms with Crippen LogP contribution < -0.4 is 5.32 Å². The van der Waals surface area contributed by atoms with Crippen LogP contribution in [0.2, 0.25) is 0 Å². The molecule has 0 aliphatic rings. The Hall–Kier alpha value is -2.05. The van der Waals surface area contributed by atoms with E-state index in [0.29, 0.717) is 0 Å². The van der Waals surface area contributed by atoms with Gasteiger partial charge < -0.3 is 9.84 Å². The zero-order valence-electron chi connectivity index (χ0n) is 9.94. The number of benzene rings is 1. The summed E-state index contributed by atoms with van der Waals surface area (Å²) in [6.07, 6.45) is -5.42. The van der Waals surface area contributed by atoms with E-state index in [4.69, 9.17) is 4.52 Å². The minimum atomic E-state index is -4.21. The van der Waals surface area contributed by atoms with Crippen molar-refractivity contribution in [2.24, 2.45) is 0 Å². The average Bonchev–Trinajstić information content (AvgIpc) is 2.82. The smallest absolute Gasteiger partial charge is 0.376 e. The summed E-state index contributed by atoms with van der Waals surface area (Å²) >= 11 is 0. The predicted octanol–water partition coefficient (Wildman–Crippen LogP) is 3.18. The van der Waals surface area contributed by atoms with Crippen molar-refractivity contribution in [1.82, 2.24) is 10.1 Å². The first-order chi connectivity index (χ1) is 9.03. The second-order valence-corrected chi connectivity index (χ2v) is 3.94. The van der Waals surface area contributed by atoms with Crippen LogP contribution in [0.4, 0.5) is 18.9 Å². The highest BCUT2D eigenvalue weighted by Gasteiger charge is 2.27. The molecule has 1 heterocycles. The van der Waals surface area contributed by atoms with Crippen molar-refractivity contribution >= 4 is 5.69 Å². The number of rotatable bonds is 5. The molecule has 2 aromatic rings. The van der Waals surface area contributed by atoms with Crippen LogP contribution in [0.3, 0.4) is 0 Å². The Labute approximate surface area is 107 Å². The van der Waals surface area contributed by atoms with Crippen molar-refractivity contribution in [3.63, 3.8) is 0 Å². The summed E-state index contributed by atoms with van der Waals surface area (Å²) in [7, 11) is 0. The molecular formula is C12H12F3N3O. The highest BCUT2D eigenvalue weighted by molar-refractivity contribution is 5.42. The summed E-state index contributed by atoms with van der Waals surface area (Å²) in [4.78, 5) is 3.89. The van der Waals surface area contributed by atoms with Crippen molar-refractivity contribution in [2.75, 3.05) is 5.32 Å². The van der Waals surface area contributed by atoms with Gasteiger partial charge >= 0.3 is 6.18 Å². The third kappa shape index (κ3) is 4.61. The Balaban J connectivity index is 1.84. The first-order valence-electron chi connectivity index (χ1n) is 5.70. The van der Waals surface area contributed by atoms with Crippen LogP contribution in [0.5, 0.6) is 0 Å². The third-order valence-corrected chi connectivity index (χ3v) is 2.36. The van der Waals surface area contributed by atoms with Crippen LogP contribution in [0, 0.1) is 0 Å². The molecule has 0 fully saturated rings. The number of halogens is 3. The predicted molar refractivity (Wildman–Crippen MR) is 62.4 cm³/mol. The minimum Gasteiger partial charge on any atom is -0.376 e. The zero-order chi connectivity index (χ0) is 13.7. The van der Waals surface area contributed by atoms with Gasteiger partial charge in [0.1, 0.15) is 0 Å². The highest BCUT2D eigenvalue weighted by Crippen LogP contribution is 2.21. The number of alkyl halides is 3. The average molecular weight is 271 g/mol. The van der Waals surface area contributed by atoms with Gasteiger partial charge in [0, 0.05) is 12.1 Å². The monoisotopic (exact) mass is 271 g/mol. The lowest BCUT2D eigenvalue weighted by Crippen LogP contribution is -2.09. The lowest BCUT2D eigenvalue weighted by Gasteiger charge is -2.02. The van der Waals surface area contributed by atoms with Crippen molar-refractivity contribution in [1.29, 1.82) is 0 Å². The molecule has 0 radical (unpaired) electrons. The van der Waals surface area contributed by atoms with Crippen LogP contribution in [-0.2, 0) is 13.0 Å². The first kappa shape index (κ1) is 13.4. The molecule has 102 valence electrons. The van der Waals surface area contributed by atoms with E-state index in [1.54, 1.807) is 0 Å². The molecule has 0 saturated heterocycles. The normalized spacial score (nSPS) is 11.5. The van der Waals surface area contributed by atoms with Crippen molar-refractivity contribution < 1.29 is 17.7 Å². The number of aryl methyl sites for hydroxylation is 1. The number of anilines is 1. The molecular weight excluding hydrogens is 259 g/mol. The quantitative estimate of drug-likeness (QED) is 0.907. The molecule has 1 aromatic heterocycles. The largest absolute Gasteiger partial charge is 0.389 e. The molecule has 0 amide bonds. The van der Waals surface area contributed by atoms with E-state index >= 15 is 0 Å². The maximum atomic E-state index is 12.0. The Morgan fingerprint density at radius 3 is 2.58 bits per heavy atom. The van der Waals surface area contributed by atoms with E-state index in [0.717, 1.165) is 5.69 Å². The number of nitrogens with zero attached hydrogens (tertiary/aromatic N) is 2. The standard InChI is InChI=1S/C12H12F3N3O/c13-12(14,15)7-6-10-17-11(19-18-10)8-16-9-4-2-1-3-5-9/h1-5,16H,6-8H2. The number of aromatic nitrogens is 2. The summed E-state index contributed by atoms with van der Waals surface area (Å²) in [6.45, 7) is 0.281. The van der Waals surface area contributed by atoms with Gasteiger partial charge in [-0.2, -0.15) is 18.2 Å². The van der Waals surface area contributed by atoms with Gasteiger partial charge in [0.05, 0.1) is 13.0 Å². The van der Waals surface area contributed by atoms with Crippen LogP contribution >= 0.6 is 0 Å². The Bertz CT molecular complexity index is 510. The van der Waals surface area contributed by atoms with Crippen molar-refractivity contribution in [3.05, 3.63) is 42.0 Å².